The molecule has 0 aliphatic carbocycles. The van der Waals surface area contributed by atoms with Gasteiger partial charge in [-0.25, -0.2) is 0 Å². The first-order valence-corrected chi connectivity index (χ1v) is 10.7. The number of benzene rings is 2. The molecule has 6 heteroatoms. The number of hydrogen-bond acceptors (Lipinski definition) is 5. The molecule has 2 heterocycles. The molecule has 6 nitrogen and oxygen atoms in total. The van der Waals surface area contributed by atoms with Gasteiger partial charge in [0.1, 0.15) is 11.4 Å². The minimum absolute atomic E-state index is 0.0189. The fraction of sp³-hybridized carbons (Fsp3) is 0.360. The smallest absolute Gasteiger partial charge is 0.277 e. The van der Waals surface area contributed by atoms with Gasteiger partial charge < -0.3 is 14.4 Å². The Labute approximate surface area is 183 Å². The van der Waals surface area contributed by atoms with Gasteiger partial charge in [-0.2, -0.15) is 0 Å². The third-order valence-corrected chi connectivity index (χ3v) is 5.72. The predicted octanol–water partition coefficient (Wildman–Crippen LogP) is 3.13. The number of carbonyl (C=O) groups is 2. The Balaban J connectivity index is 1.68. The van der Waals surface area contributed by atoms with Crippen LogP contribution in [-0.4, -0.2) is 60.6 Å². The summed E-state index contributed by atoms with van der Waals surface area (Å²) in [4.78, 5) is 30.4. The Morgan fingerprint density at radius 3 is 2.19 bits per heavy atom. The third-order valence-electron chi connectivity index (χ3n) is 5.72. The van der Waals surface area contributed by atoms with Gasteiger partial charge in [-0.3, -0.25) is 14.5 Å². The number of hydrogen-bond donors (Lipinski definition) is 0. The molecule has 2 unspecified atom stereocenters. The van der Waals surface area contributed by atoms with Gasteiger partial charge in [0.2, 0.25) is 0 Å². The van der Waals surface area contributed by atoms with Crippen molar-refractivity contribution in [3.8, 4) is 5.75 Å². The van der Waals surface area contributed by atoms with E-state index in [-0.39, 0.29) is 24.0 Å². The molecule has 0 aromatic heterocycles. The van der Waals surface area contributed by atoms with Crippen molar-refractivity contribution in [2.75, 3.05) is 26.7 Å². The van der Waals surface area contributed by atoms with Gasteiger partial charge >= 0.3 is 0 Å². The van der Waals surface area contributed by atoms with Crippen LogP contribution in [0.1, 0.15) is 25.0 Å². The van der Waals surface area contributed by atoms with Crippen molar-refractivity contribution < 1.29 is 19.1 Å². The second-order valence-electron chi connectivity index (χ2n) is 8.11. The first-order valence-electron chi connectivity index (χ1n) is 10.7. The molecule has 2 aliphatic rings. The largest absolute Gasteiger partial charge is 0.497 e. The number of amides is 2. The van der Waals surface area contributed by atoms with Crippen LogP contribution in [0.3, 0.4) is 0 Å². The number of rotatable bonds is 6. The highest BCUT2D eigenvalue weighted by molar-refractivity contribution is 6.35. The van der Waals surface area contributed by atoms with Gasteiger partial charge in [0.05, 0.1) is 24.9 Å². The fourth-order valence-electron chi connectivity index (χ4n) is 4.32. The fourth-order valence-corrected chi connectivity index (χ4v) is 4.32. The third kappa shape index (κ3) is 4.35. The monoisotopic (exact) mass is 420 g/mol. The zero-order valence-electron chi connectivity index (χ0n) is 18.2. The summed E-state index contributed by atoms with van der Waals surface area (Å²) in [5.74, 6) is 0.234. The van der Waals surface area contributed by atoms with Crippen molar-refractivity contribution in [3.63, 3.8) is 0 Å². The summed E-state index contributed by atoms with van der Waals surface area (Å²) in [5.41, 5.74) is 2.76. The van der Waals surface area contributed by atoms with E-state index in [0.29, 0.717) is 43.1 Å². The molecule has 162 valence electrons. The lowest BCUT2D eigenvalue weighted by molar-refractivity contribution is -0.138. The molecule has 1 saturated heterocycles. The van der Waals surface area contributed by atoms with Crippen LogP contribution in [0.5, 0.6) is 5.75 Å². The Bertz CT molecular complexity index is 974. The lowest BCUT2D eigenvalue weighted by Crippen LogP contribution is -2.47. The van der Waals surface area contributed by atoms with Crippen molar-refractivity contribution in [3.05, 3.63) is 71.4 Å². The molecule has 4 rings (SSSR count). The number of nitrogens with zero attached hydrogens (tertiary/aromatic N) is 2. The van der Waals surface area contributed by atoms with Crippen molar-refractivity contribution in [2.24, 2.45) is 0 Å². The average molecular weight is 421 g/mol. The summed E-state index contributed by atoms with van der Waals surface area (Å²) in [6.45, 7) is 5.48. The zero-order chi connectivity index (χ0) is 22.0. The van der Waals surface area contributed by atoms with Crippen LogP contribution in [0.15, 0.2) is 60.3 Å². The van der Waals surface area contributed by atoms with E-state index in [0.717, 1.165) is 11.1 Å². The number of morpholine rings is 1. The van der Waals surface area contributed by atoms with E-state index in [2.05, 4.69) is 0 Å². The quantitative estimate of drug-likeness (QED) is 0.672. The van der Waals surface area contributed by atoms with E-state index in [1.165, 1.54) is 4.90 Å². The summed E-state index contributed by atoms with van der Waals surface area (Å²) in [7, 11) is 1.60. The lowest BCUT2D eigenvalue weighted by Gasteiger charge is -2.37. The molecule has 0 radical (unpaired) electrons. The summed E-state index contributed by atoms with van der Waals surface area (Å²) < 4.78 is 11.1. The SMILES string of the molecule is COc1ccc(C2=C(N3CC(C)OC(C)C3)C(=O)N(CCc3ccccc3)C2=O)cc1. The molecule has 2 amide bonds. The van der Waals surface area contributed by atoms with Gasteiger partial charge in [0.15, 0.2) is 0 Å². The highest BCUT2D eigenvalue weighted by atomic mass is 16.5. The van der Waals surface area contributed by atoms with Gasteiger partial charge in [-0.1, -0.05) is 42.5 Å². The van der Waals surface area contributed by atoms with Crippen molar-refractivity contribution >= 4 is 17.4 Å². The van der Waals surface area contributed by atoms with Crippen LogP contribution in [0.4, 0.5) is 0 Å². The summed E-state index contributed by atoms with van der Waals surface area (Å²) >= 11 is 0. The molecule has 2 aliphatic heterocycles. The summed E-state index contributed by atoms with van der Waals surface area (Å²) in [6.07, 6.45) is 0.585. The maximum Gasteiger partial charge on any atom is 0.277 e. The van der Waals surface area contributed by atoms with Crippen molar-refractivity contribution in [2.45, 2.75) is 32.5 Å². The Morgan fingerprint density at radius 1 is 0.935 bits per heavy atom. The molecule has 2 aromatic carbocycles. The number of methoxy groups -OCH3 is 1. The van der Waals surface area contributed by atoms with E-state index in [9.17, 15) is 9.59 Å². The number of carbonyl (C=O) groups excluding carboxylic acids is 2. The molecule has 0 saturated carbocycles. The molecule has 1 fully saturated rings. The van der Waals surface area contributed by atoms with Crippen LogP contribution in [-0.2, 0) is 20.7 Å². The summed E-state index contributed by atoms with van der Waals surface area (Å²) in [5, 5.41) is 0. The van der Waals surface area contributed by atoms with E-state index in [4.69, 9.17) is 9.47 Å². The topological polar surface area (TPSA) is 59.1 Å². The first-order chi connectivity index (χ1) is 15.0. The van der Waals surface area contributed by atoms with Gasteiger partial charge in [0, 0.05) is 19.6 Å². The minimum Gasteiger partial charge on any atom is -0.497 e. The normalized spacial score (nSPS) is 21.8. The Kier molecular flexibility index (Phi) is 6.09. The molecule has 0 spiro atoms. The Morgan fingerprint density at radius 2 is 1.58 bits per heavy atom. The van der Waals surface area contributed by atoms with E-state index in [1.807, 2.05) is 73.3 Å². The van der Waals surface area contributed by atoms with Gasteiger partial charge in [-0.15, -0.1) is 0 Å². The first kappa shape index (κ1) is 21.1. The van der Waals surface area contributed by atoms with Crippen molar-refractivity contribution in [1.29, 1.82) is 0 Å². The van der Waals surface area contributed by atoms with Crippen LogP contribution < -0.4 is 4.74 Å². The standard InChI is InChI=1S/C25H28N2O4/c1-17-15-26(16-18(2)31-17)23-22(20-9-11-21(30-3)12-10-20)24(28)27(25(23)29)14-13-19-7-5-4-6-8-19/h4-12,17-18H,13-16H2,1-3H3. The average Bonchev–Trinajstić information content (AvgIpc) is 3.02. The maximum atomic E-state index is 13.5. The highest BCUT2D eigenvalue weighted by Crippen LogP contribution is 2.34. The maximum absolute atomic E-state index is 13.5. The van der Waals surface area contributed by atoms with Crippen LogP contribution in [0.2, 0.25) is 0 Å². The highest BCUT2D eigenvalue weighted by Gasteiger charge is 2.42. The van der Waals surface area contributed by atoms with Crippen LogP contribution >= 0.6 is 0 Å². The zero-order valence-corrected chi connectivity index (χ0v) is 18.2. The lowest BCUT2D eigenvalue weighted by atomic mass is 10.0. The summed E-state index contributed by atoms with van der Waals surface area (Å²) in [6, 6.07) is 17.2. The van der Waals surface area contributed by atoms with Crippen LogP contribution in [0.25, 0.3) is 5.57 Å². The van der Waals surface area contributed by atoms with Crippen molar-refractivity contribution in [1.82, 2.24) is 9.80 Å². The van der Waals surface area contributed by atoms with E-state index < -0.39 is 0 Å². The second-order valence-corrected chi connectivity index (χ2v) is 8.11. The molecule has 0 bridgehead atoms. The Hall–Kier alpha value is -3.12. The molecule has 2 atom stereocenters. The minimum atomic E-state index is -0.243. The predicted molar refractivity (Wildman–Crippen MR) is 118 cm³/mol. The number of ether oxygens (including phenoxy) is 2. The molecular weight excluding hydrogens is 392 g/mol. The second kappa shape index (κ2) is 8.94. The molecule has 0 N–H and O–H groups in total. The van der Waals surface area contributed by atoms with Gasteiger partial charge in [-0.05, 0) is 43.5 Å². The van der Waals surface area contributed by atoms with Gasteiger partial charge in [0.25, 0.3) is 11.8 Å². The van der Waals surface area contributed by atoms with E-state index >= 15 is 0 Å². The van der Waals surface area contributed by atoms with Crippen LogP contribution in [0, 0.1) is 0 Å². The molecular formula is C25H28N2O4. The number of imide groups is 1. The molecule has 2 aromatic rings. The van der Waals surface area contributed by atoms with E-state index in [1.54, 1.807) is 7.11 Å². The molecule has 31 heavy (non-hydrogen) atoms.